The highest BCUT2D eigenvalue weighted by Gasteiger charge is 2.20. The van der Waals surface area contributed by atoms with Crippen molar-refractivity contribution in [3.63, 3.8) is 0 Å². The molecule has 11 heteroatoms. The van der Waals surface area contributed by atoms with E-state index in [1.54, 1.807) is 34.9 Å². The Morgan fingerprint density at radius 2 is 1.74 bits per heavy atom. The number of thioether (sulfide) groups is 1. The quantitative estimate of drug-likeness (QED) is 0.291. The molecular weight excluding hydrogens is 515 g/mol. The van der Waals surface area contributed by atoms with Crippen LogP contribution in [0.3, 0.4) is 0 Å². The van der Waals surface area contributed by atoms with Gasteiger partial charge in [-0.05, 0) is 48.0 Å². The van der Waals surface area contributed by atoms with Crippen molar-refractivity contribution >= 4 is 45.0 Å². The topological polar surface area (TPSA) is 86.1 Å². The van der Waals surface area contributed by atoms with Crippen LogP contribution in [0.15, 0.2) is 82.8 Å². The lowest BCUT2D eigenvalue weighted by Gasteiger charge is -2.13. The Kier molecular flexibility index (Phi) is 7.80. The van der Waals surface area contributed by atoms with Gasteiger partial charge in [0.25, 0.3) is 0 Å². The maximum absolute atomic E-state index is 12.8. The van der Waals surface area contributed by atoms with Crippen LogP contribution in [0.5, 0.6) is 5.75 Å². The van der Waals surface area contributed by atoms with Gasteiger partial charge in [-0.25, -0.2) is 13.1 Å². The van der Waals surface area contributed by atoms with Crippen LogP contribution in [-0.2, 0) is 22.3 Å². The van der Waals surface area contributed by atoms with Crippen molar-refractivity contribution in [2.75, 3.05) is 7.11 Å². The number of nitrogens with zero attached hydrogens (tertiary/aromatic N) is 3. The zero-order valence-corrected chi connectivity index (χ0v) is 21.1. The minimum Gasteiger partial charge on any atom is -0.497 e. The van der Waals surface area contributed by atoms with E-state index in [1.807, 2.05) is 30.3 Å². The zero-order chi connectivity index (χ0) is 24.1. The summed E-state index contributed by atoms with van der Waals surface area (Å²) in [4.78, 5) is 0.113. The summed E-state index contributed by atoms with van der Waals surface area (Å²) in [5, 5.41) is 10.0. The molecule has 4 rings (SSSR count). The van der Waals surface area contributed by atoms with Crippen LogP contribution in [-0.4, -0.2) is 30.3 Å². The number of aromatic nitrogens is 3. The first-order chi connectivity index (χ1) is 16.4. The Balaban J connectivity index is 1.62. The highest BCUT2D eigenvalue weighted by Crippen LogP contribution is 2.31. The zero-order valence-electron chi connectivity index (χ0n) is 18.0. The van der Waals surface area contributed by atoms with Gasteiger partial charge in [-0.15, -0.1) is 10.2 Å². The van der Waals surface area contributed by atoms with Gasteiger partial charge in [-0.1, -0.05) is 65.3 Å². The minimum atomic E-state index is -3.79. The number of halogens is 2. The van der Waals surface area contributed by atoms with Crippen molar-refractivity contribution in [3.05, 3.63) is 94.2 Å². The number of nitrogens with one attached hydrogen (secondary N) is 1. The van der Waals surface area contributed by atoms with Gasteiger partial charge in [0.2, 0.25) is 10.0 Å². The smallest absolute Gasteiger partial charge is 0.240 e. The van der Waals surface area contributed by atoms with Crippen LogP contribution in [0, 0.1) is 0 Å². The lowest BCUT2D eigenvalue weighted by Crippen LogP contribution is -2.25. The Bertz CT molecular complexity index is 1380. The second-order valence-corrected chi connectivity index (χ2v) is 10.7. The molecule has 0 aliphatic heterocycles. The first-order valence-electron chi connectivity index (χ1n) is 10.1. The molecule has 0 amide bonds. The number of hydrogen-bond donors (Lipinski definition) is 1. The molecule has 0 radical (unpaired) electrons. The fourth-order valence-electron chi connectivity index (χ4n) is 3.13. The van der Waals surface area contributed by atoms with Gasteiger partial charge in [0.15, 0.2) is 11.0 Å². The van der Waals surface area contributed by atoms with Crippen molar-refractivity contribution in [3.8, 4) is 11.4 Å². The summed E-state index contributed by atoms with van der Waals surface area (Å²) in [5.74, 6) is 1.61. The third-order valence-corrected chi connectivity index (χ3v) is 7.81. The fraction of sp³-hybridized carbons (Fsp3) is 0.130. The molecule has 3 aromatic carbocycles. The van der Waals surface area contributed by atoms with E-state index in [4.69, 9.17) is 27.9 Å². The molecule has 0 fully saturated rings. The Morgan fingerprint density at radius 1 is 1.00 bits per heavy atom. The standard InChI is InChI=1S/C23H20Cl2N4O3S2/c1-32-18-8-10-19(11-9-18)34(30,31)26-14-22-27-28-23(33-15-16-5-3-2-4-6-16)29(22)21-12-7-17(24)13-20(21)25/h2-13,26H,14-15H2,1H3. The molecular formula is C23H20Cl2N4O3S2. The van der Waals surface area contributed by atoms with Gasteiger partial charge in [0.05, 0.1) is 29.3 Å². The molecule has 1 N–H and O–H groups in total. The van der Waals surface area contributed by atoms with E-state index < -0.39 is 10.0 Å². The monoisotopic (exact) mass is 534 g/mol. The second-order valence-electron chi connectivity index (χ2n) is 7.10. The number of benzene rings is 3. The molecule has 176 valence electrons. The second kappa shape index (κ2) is 10.8. The highest BCUT2D eigenvalue weighted by molar-refractivity contribution is 7.98. The fourth-order valence-corrected chi connectivity index (χ4v) is 5.53. The summed E-state index contributed by atoms with van der Waals surface area (Å²) >= 11 is 14.0. The molecule has 0 saturated carbocycles. The summed E-state index contributed by atoms with van der Waals surface area (Å²) < 4.78 is 35.1. The summed E-state index contributed by atoms with van der Waals surface area (Å²) in [6.07, 6.45) is 0. The molecule has 0 unspecified atom stereocenters. The van der Waals surface area contributed by atoms with E-state index in [2.05, 4.69) is 14.9 Å². The lowest BCUT2D eigenvalue weighted by molar-refractivity contribution is 0.414. The van der Waals surface area contributed by atoms with Gasteiger partial charge in [0.1, 0.15) is 5.75 Å². The van der Waals surface area contributed by atoms with Crippen LogP contribution in [0.2, 0.25) is 10.0 Å². The van der Waals surface area contributed by atoms with E-state index in [0.717, 1.165) is 5.56 Å². The van der Waals surface area contributed by atoms with Crippen molar-refractivity contribution in [2.24, 2.45) is 0 Å². The molecule has 0 bridgehead atoms. The molecule has 0 aliphatic rings. The molecule has 0 spiro atoms. The first-order valence-corrected chi connectivity index (χ1v) is 13.3. The lowest BCUT2D eigenvalue weighted by atomic mass is 10.2. The maximum atomic E-state index is 12.8. The number of methoxy groups -OCH3 is 1. The van der Waals surface area contributed by atoms with Crippen molar-refractivity contribution in [1.82, 2.24) is 19.5 Å². The summed E-state index contributed by atoms with van der Waals surface area (Å²) in [7, 11) is -2.28. The largest absolute Gasteiger partial charge is 0.497 e. The van der Waals surface area contributed by atoms with Gasteiger partial charge < -0.3 is 4.74 Å². The predicted octanol–water partition coefficient (Wildman–Crippen LogP) is 5.35. The van der Waals surface area contributed by atoms with Crippen LogP contribution in [0.4, 0.5) is 0 Å². The van der Waals surface area contributed by atoms with Crippen LogP contribution >= 0.6 is 35.0 Å². The SMILES string of the molecule is COc1ccc(S(=O)(=O)NCc2nnc(SCc3ccccc3)n2-c2ccc(Cl)cc2Cl)cc1. The highest BCUT2D eigenvalue weighted by atomic mass is 35.5. The minimum absolute atomic E-state index is 0.0911. The molecule has 0 saturated heterocycles. The third kappa shape index (κ3) is 5.73. The van der Waals surface area contributed by atoms with Gasteiger partial charge >= 0.3 is 0 Å². The third-order valence-electron chi connectivity index (χ3n) is 4.85. The molecule has 0 atom stereocenters. The Labute approximate surface area is 212 Å². The van der Waals surface area contributed by atoms with Crippen molar-refractivity contribution in [2.45, 2.75) is 22.3 Å². The predicted molar refractivity (Wildman–Crippen MR) is 134 cm³/mol. The number of rotatable bonds is 9. The maximum Gasteiger partial charge on any atom is 0.240 e. The van der Waals surface area contributed by atoms with Crippen LogP contribution < -0.4 is 9.46 Å². The van der Waals surface area contributed by atoms with E-state index >= 15 is 0 Å². The average Bonchev–Trinajstić information content (AvgIpc) is 3.25. The van der Waals surface area contributed by atoms with Gasteiger partial charge in [-0.3, -0.25) is 4.57 Å². The number of ether oxygens (including phenoxy) is 1. The Morgan fingerprint density at radius 3 is 2.41 bits per heavy atom. The van der Waals surface area contributed by atoms with Crippen LogP contribution in [0.1, 0.15) is 11.4 Å². The van der Waals surface area contributed by atoms with Gasteiger partial charge in [-0.2, -0.15) is 0 Å². The van der Waals surface area contributed by atoms with E-state index in [-0.39, 0.29) is 11.4 Å². The molecule has 34 heavy (non-hydrogen) atoms. The van der Waals surface area contributed by atoms with E-state index in [0.29, 0.717) is 38.2 Å². The Hall–Kier alpha value is -2.56. The van der Waals surface area contributed by atoms with Gasteiger partial charge in [0, 0.05) is 10.8 Å². The average molecular weight is 535 g/mol. The van der Waals surface area contributed by atoms with Crippen LogP contribution in [0.25, 0.3) is 5.69 Å². The van der Waals surface area contributed by atoms with Crippen molar-refractivity contribution in [1.29, 1.82) is 0 Å². The van der Waals surface area contributed by atoms with E-state index in [1.165, 1.54) is 31.0 Å². The number of sulfonamides is 1. The molecule has 0 aliphatic carbocycles. The summed E-state index contributed by atoms with van der Waals surface area (Å²) in [5.41, 5.74) is 1.72. The van der Waals surface area contributed by atoms with Crippen molar-refractivity contribution < 1.29 is 13.2 Å². The summed E-state index contributed by atoms with van der Waals surface area (Å²) in [6, 6.07) is 21.1. The molecule has 1 aromatic heterocycles. The molecule has 1 heterocycles. The number of hydrogen-bond acceptors (Lipinski definition) is 6. The summed E-state index contributed by atoms with van der Waals surface area (Å²) in [6.45, 7) is -0.0911. The van der Waals surface area contributed by atoms with E-state index in [9.17, 15) is 8.42 Å². The molecule has 7 nitrogen and oxygen atoms in total. The first kappa shape index (κ1) is 24.6. The molecule has 4 aromatic rings. The normalized spacial score (nSPS) is 11.5.